The van der Waals surface area contributed by atoms with E-state index in [-0.39, 0.29) is 22.2 Å². The first-order valence-electron chi connectivity index (χ1n) is 11.2. The zero-order valence-electron chi connectivity index (χ0n) is 19.7. The van der Waals surface area contributed by atoms with E-state index in [0.717, 1.165) is 21.4 Å². The second kappa shape index (κ2) is 11.3. The van der Waals surface area contributed by atoms with Gasteiger partial charge in [0.15, 0.2) is 4.34 Å². The summed E-state index contributed by atoms with van der Waals surface area (Å²) < 4.78 is 1.33. The number of anilines is 1. The number of ketones is 1. The highest BCUT2D eigenvalue weighted by Crippen LogP contribution is 2.44. The first-order chi connectivity index (χ1) is 18.7. The number of nitro benzene ring substituents is 1. The summed E-state index contributed by atoms with van der Waals surface area (Å²) in [6.45, 7) is 0. The van der Waals surface area contributed by atoms with E-state index in [1.165, 1.54) is 40.9 Å². The van der Waals surface area contributed by atoms with Crippen molar-refractivity contribution in [2.24, 2.45) is 0 Å². The Morgan fingerprint density at radius 3 is 2.36 bits per heavy atom. The number of Topliss-reactive ketones (excluding diaryl/α,β-unsaturated/α-hetero) is 1. The third-order valence-electron chi connectivity index (χ3n) is 5.86. The standard InChI is InChI=1S/C26H16BrClN4O5S2/c27-17-7-3-16(4-8-17)22(33)20-21(15-5-11-19(12-6-15)32(36)37)31(24(35)23(20)34)25-29-30-26(39-25)38-13-14-1-9-18(28)10-2-14/h1-12,21,33H,13H2/b22-20-. The molecule has 1 amide bonds. The van der Waals surface area contributed by atoms with Crippen LogP contribution in [0.3, 0.4) is 0 Å². The molecular weight excluding hydrogens is 628 g/mol. The topological polar surface area (TPSA) is 127 Å². The van der Waals surface area contributed by atoms with Gasteiger partial charge in [-0.3, -0.25) is 24.6 Å². The third kappa shape index (κ3) is 5.59. The summed E-state index contributed by atoms with van der Waals surface area (Å²) in [5.41, 5.74) is 1.44. The quantitative estimate of drug-likeness (QED) is 0.0444. The van der Waals surface area contributed by atoms with Gasteiger partial charge in [-0.1, -0.05) is 74.9 Å². The smallest absolute Gasteiger partial charge is 0.301 e. The molecule has 1 aliphatic heterocycles. The molecule has 1 unspecified atom stereocenters. The van der Waals surface area contributed by atoms with Gasteiger partial charge in [0.25, 0.3) is 11.5 Å². The van der Waals surface area contributed by atoms with E-state index in [2.05, 4.69) is 26.1 Å². The van der Waals surface area contributed by atoms with Gasteiger partial charge in [-0.15, -0.1) is 10.2 Å². The van der Waals surface area contributed by atoms with Gasteiger partial charge in [0.2, 0.25) is 5.13 Å². The zero-order valence-corrected chi connectivity index (χ0v) is 23.6. The number of non-ortho nitro benzene ring substituents is 1. The van der Waals surface area contributed by atoms with Crippen LogP contribution in [-0.4, -0.2) is 31.9 Å². The van der Waals surface area contributed by atoms with Gasteiger partial charge in [-0.2, -0.15) is 0 Å². The van der Waals surface area contributed by atoms with Crippen molar-refractivity contribution < 1.29 is 19.6 Å². The maximum atomic E-state index is 13.3. The van der Waals surface area contributed by atoms with Crippen molar-refractivity contribution in [3.05, 3.63) is 115 Å². The van der Waals surface area contributed by atoms with Gasteiger partial charge in [0.1, 0.15) is 5.76 Å². The average molecular weight is 644 g/mol. The zero-order chi connectivity index (χ0) is 27.7. The molecule has 0 saturated carbocycles. The van der Waals surface area contributed by atoms with Crippen LogP contribution in [-0.2, 0) is 15.3 Å². The van der Waals surface area contributed by atoms with E-state index >= 15 is 0 Å². The van der Waals surface area contributed by atoms with Crippen molar-refractivity contribution in [3.8, 4) is 0 Å². The summed E-state index contributed by atoms with van der Waals surface area (Å²) in [7, 11) is 0. The van der Waals surface area contributed by atoms with Gasteiger partial charge >= 0.3 is 5.91 Å². The van der Waals surface area contributed by atoms with Crippen LogP contribution in [0, 0.1) is 10.1 Å². The number of nitro groups is 1. The molecule has 1 saturated heterocycles. The lowest BCUT2D eigenvalue weighted by Gasteiger charge is -2.22. The highest BCUT2D eigenvalue weighted by Gasteiger charge is 2.48. The predicted octanol–water partition coefficient (Wildman–Crippen LogP) is 6.78. The molecule has 2 heterocycles. The number of carbonyl (C=O) groups is 2. The minimum atomic E-state index is -1.07. The fourth-order valence-electron chi connectivity index (χ4n) is 3.97. The number of rotatable bonds is 7. The lowest BCUT2D eigenvalue weighted by molar-refractivity contribution is -0.384. The fourth-order valence-corrected chi connectivity index (χ4v) is 6.18. The molecule has 5 rings (SSSR count). The molecule has 39 heavy (non-hydrogen) atoms. The third-order valence-corrected chi connectivity index (χ3v) is 8.77. The summed E-state index contributed by atoms with van der Waals surface area (Å²) in [5.74, 6) is -1.57. The number of aliphatic hydroxyl groups is 1. The van der Waals surface area contributed by atoms with E-state index in [0.29, 0.717) is 26.2 Å². The summed E-state index contributed by atoms with van der Waals surface area (Å²) in [6.07, 6.45) is 0. The van der Waals surface area contributed by atoms with E-state index in [4.69, 9.17) is 11.6 Å². The molecule has 4 aromatic rings. The minimum Gasteiger partial charge on any atom is -0.507 e. The Hall–Kier alpha value is -3.58. The van der Waals surface area contributed by atoms with Gasteiger partial charge < -0.3 is 5.11 Å². The summed E-state index contributed by atoms with van der Waals surface area (Å²) in [5, 5.41) is 31.5. The highest BCUT2D eigenvalue weighted by atomic mass is 79.9. The monoisotopic (exact) mass is 642 g/mol. The molecule has 3 aromatic carbocycles. The van der Waals surface area contributed by atoms with Crippen molar-refractivity contribution >= 4 is 78.9 Å². The average Bonchev–Trinajstić information content (AvgIpc) is 3.50. The van der Waals surface area contributed by atoms with Gasteiger partial charge in [-0.05, 0) is 47.5 Å². The molecule has 0 bridgehead atoms. The van der Waals surface area contributed by atoms with E-state index in [1.54, 1.807) is 36.4 Å². The number of aromatic nitrogens is 2. The Morgan fingerprint density at radius 1 is 1.05 bits per heavy atom. The summed E-state index contributed by atoms with van der Waals surface area (Å²) in [6, 6.07) is 18.4. The van der Waals surface area contributed by atoms with Crippen molar-refractivity contribution in [1.29, 1.82) is 0 Å². The second-order valence-electron chi connectivity index (χ2n) is 8.29. The number of nitrogens with zero attached hydrogens (tertiary/aromatic N) is 4. The summed E-state index contributed by atoms with van der Waals surface area (Å²) in [4.78, 5) is 38.4. The second-order valence-corrected chi connectivity index (χ2v) is 11.8. The maximum absolute atomic E-state index is 13.3. The Labute approximate surface area is 243 Å². The first-order valence-corrected chi connectivity index (χ1v) is 14.2. The lowest BCUT2D eigenvalue weighted by atomic mass is 9.95. The van der Waals surface area contributed by atoms with Crippen molar-refractivity contribution in [2.75, 3.05) is 4.90 Å². The van der Waals surface area contributed by atoms with Gasteiger partial charge in [0.05, 0.1) is 16.5 Å². The number of hydrogen-bond acceptors (Lipinski definition) is 9. The number of benzene rings is 3. The number of thioether (sulfide) groups is 1. The van der Waals surface area contributed by atoms with Gasteiger partial charge in [0, 0.05) is 32.9 Å². The fraction of sp³-hybridized carbons (Fsp3) is 0.0769. The molecule has 1 aromatic heterocycles. The summed E-state index contributed by atoms with van der Waals surface area (Å²) >= 11 is 11.8. The van der Waals surface area contributed by atoms with Crippen LogP contribution in [0.4, 0.5) is 10.8 Å². The number of amides is 1. The molecule has 196 valence electrons. The Kier molecular flexibility index (Phi) is 7.80. The van der Waals surface area contributed by atoms with Gasteiger partial charge in [-0.25, -0.2) is 0 Å². The molecule has 1 fully saturated rings. The predicted molar refractivity (Wildman–Crippen MR) is 153 cm³/mol. The molecule has 0 spiro atoms. The number of halogens is 2. The molecule has 13 heteroatoms. The molecule has 1 aliphatic rings. The number of hydrogen-bond donors (Lipinski definition) is 1. The van der Waals surface area contributed by atoms with Crippen molar-refractivity contribution in [3.63, 3.8) is 0 Å². The van der Waals surface area contributed by atoms with E-state index in [1.807, 2.05) is 12.1 Å². The van der Waals surface area contributed by atoms with Crippen LogP contribution in [0.1, 0.15) is 22.7 Å². The Morgan fingerprint density at radius 2 is 1.72 bits per heavy atom. The number of aliphatic hydroxyl groups excluding tert-OH is 1. The molecule has 1 atom stereocenters. The minimum absolute atomic E-state index is 0.151. The maximum Gasteiger partial charge on any atom is 0.301 e. The van der Waals surface area contributed by atoms with Crippen LogP contribution in [0.5, 0.6) is 0 Å². The SMILES string of the molecule is O=C1C(=O)N(c2nnc(SCc3ccc(Cl)cc3)s2)C(c2ccc([N+](=O)[O-])cc2)/C1=C(/O)c1ccc(Br)cc1. The molecular formula is C26H16BrClN4O5S2. The van der Waals surface area contributed by atoms with E-state index < -0.39 is 22.7 Å². The molecule has 0 aliphatic carbocycles. The lowest BCUT2D eigenvalue weighted by Crippen LogP contribution is -2.29. The van der Waals surface area contributed by atoms with Crippen LogP contribution in [0.25, 0.3) is 5.76 Å². The van der Waals surface area contributed by atoms with Crippen molar-refractivity contribution in [1.82, 2.24) is 10.2 Å². The van der Waals surface area contributed by atoms with Crippen LogP contribution >= 0.6 is 50.6 Å². The molecule has 1 N–H and O–H groups in total. The van der Waals surface area contributed by atoms with Crippen LogP contribution < -0.4 is 4.90 Å². The van der Waals surface area contributed by atoms with Crippen LogP contribution in [0.15, 0.2) is 87.2 Å². The molecule has 9 nitrogen and oxygen atoms in total. The molecule has 0 radical (unpaired) electrons. The highest BCUT2D eigenvalue weighted by molar-refractivity contribution is 9.10. The van der Waals surface area contributed by atoms with Crippen LogP contribution in [0.2, 0.25) is 5.02 Å². The number of carbonyl (C=O) groups excluding carboxylic acids is 2. The largest absolute Gasteiger partial charge is 0.507 e. The Bertz CT molecular complexity index is 1610. The first kappa shape index (κ1) is 27.0. The normalized spacial score (nSPS) is 16.6. The van der Waals surface area contributed by atoms with Crippen molar-refractivity contribution in [2.45, 2.75) is 16.1 Å². The Balaban J connectivity index is 1.54. The van der Waals surface area contributed by atoms with E-state index in [9.17, 15) is 24.8 Å².